The smallest absolute Gasteiger partial charge is 0.384 e. The number of hydrogen-bond acceptors (Lipinski definition) is 5. The van der Waals surface area contributed by atoms with Crippen molar-refractivity contribution in [3.8, 4) is 0 Å². The number of allylic oxidation sites excluding steroid dienone is 3. The second kappa shape index (κ2) is 6.22. The van der Waals surface area contributed by atoms with E-state index in [1.165, 1.54) is 12.2 Å². The van der Waals surface area contributed by atoms with Crippen molar-refractivity contribution in [2.24, 2.45) is 5.73 Å². The van der Waals surface area contributed by atoms with E-state index in [0.717, 1.165) is 0 Å². The van der Waals surface area contributed by atoms with Gasteiger partial charge in [-0.3, -0.25) is 4.79 Å². The summed E-state index contributed by atoms with van der Waals surface area (Å²) in [4.78, 5) is 26.1. The Hall–Kier alpha value is -2.44. The molecule has 1 aromatic carbocycles. The fraction of sp³-hybridized carbons (Fsp3) is 0.333. The fourth-order valence-corrected chi connectivity index (χ4v) is 2.54. The largest absolute Gasteiger partial charge is 0.628 e. The maximum Gasteiger partial charge on any atom is 0.384 e. The zero-order valence-electron chi connectivity index (χ0n) is 14.3. The number of Topliss-reactive ketones (excluding diaryl/α,β-unsaturated/α-hetero) is 1. The Bertz CT molecular complexity index is 716. The number of hydrogen-bond donors (Lipinski definition) is 2. The third kappa shape index (κ3) is 2.98. The van der Waals surface area contributed by atoms with E-state index in [2.05, 4.69) is 0 Å². The fourth-order valence-electron chi connectivity index (χ4n) is 2.54. The van der Waals surface area contributed by atoms with Crippen molar-refractivity contribution in [3.63, 3.8) is 0 Å². The molecule has 1 aliphatic heterocycles. The van der Waals surface area contributed by atoms with E-state index in [4.69, 9.17) is 10.5 Å². The third-order valence-corrected chi connectivity index (χ3v) is 3.73. The lowest BCUT2D eigenvalue weighted by Crippen LogP contribution is -3.18. The summed E-state index contributed by atoms with van der Waals surface area (Å²) in [6.45, 7) is 6.55. The topological polar surface area (TPSA) is 96.9 Å². The molecule has 0 aromatic heterocycles. The Kier molecular flexibility index (Phi) is 4.64. The molecule has 24 heavy (non-hydrogen) atoms. The van der Waals surface area contributed by atoms with Gasteiger partial charge in [0.25, 0.3) is 0 Å². The number of carbonyl (C=O) groups excluding carboxylic acids is 2. The van der Waals surface area contributed by atoms with Gasteiger partial charge in [-0.2, -0.15) is 0 Å². The number of nitrogens with two attached hydrogens (primary N) is 1. The molecule has 0 saturated carbocycles. The molecule has 0 bridgehead atoms. The first-order valence-corrected chi connectivity index (χ1v) is 7.63. The monoisotopic (exact) mass is 330 g/mol. The molecule has 2 rings (SSSR count). The molecule has 6 heteroatoms. The van der Waals surface area contributed by atoms with Crippen LogP contribution in [-0.4, -0.2) is 22.9 Å². The standard InChI is InChI=1S/C18H22N2O4/c1-12-10-11-14(19)18(20(12)23,16(22)24-17(2,3)4)15(21)13-8-6-5-7-9-13/h5-11,20H,19H2,1-4H3. The van der Waals surface area contributed by atoms with Gasteiger partial charge in [0.1, 0.15) is 11.3 Å². The first-order valence-electron chi connectivity index (χ1n) is 7.63. The quantitative estimate of drug-likeness (QED) is 0.374. The van der Waals surface area contributed by atoms with E-state index in [1.54, 1.807) is 58.0 Å². The Morgan fingerprint density at radius 2 is 1.75 bits per heavy atom. The summed E-state index contributed by atoms with van der Waals surface area (Å²) >= 11 is 0. The Morgan fingerprint density at radius 1 is 1.17 bits per heavy atom. The van der Waals surface area contributed by atoms with Crippen molar-refractivity contribution in [1.82, 2.24) is 0 Å². The molecule has 2 unspecified atom stereocenters. The number of esters is 1. The average Bonchev–Trinajstić information content (AvgIpc) is 2.51. The summed E-state index contributed by atoms with van der Waals surface area (Å²) in [6, 6.07) is 8.15. The van der Waals surface area contributed by atoms with Crippen LogP contribution < -0.4 is 10.8 Å². The van der Waals surface area contributed by atoms with Crippen LogP contribution in [0.1, 0.15) is 38.1 Å². The average molecular weight is 330 g/mol. The van der Waals surface area contributed by atoms with Gasteiger partial charge in [-0.15, -0.1) is 0 Å². The second-order valence-corrected chi connectivity index (χ2v) is 6.75. The highest BCUT2D eigenvalue weighted by atomic mass is 16.6. The molecule has 0 fully saturated rings. The minimum atomic E-state index is -2.17. The van der Waals surface area contributed by atoms with Crippen molar-refractivity contribution < 1.29 is 19.4 Å². The highest BCUT2D eigenvalue weighted by molar-refractivity contribution is 6.18. The first kappa shape index (κ1) is 17.9. The number of quaternary nitrogens is 1. The van der Waals surface area contributed by atoms with Gasteiger partial charge in [0.15, 0.2) is 0 Å². The molecule has 1 heterocycles. The highest BCUT2D eigenvalue weighted by Gasteiger charge is 2.59. The molecule has 0 spiro atoms. The maximum absolute atomic E-state index is 13.1. The van der Waals surface area contributed by atoms with Gasteiger partial charge in [0, 0.05) is 12.5 Å². The SMILES string of the molecule is CC1=CC=C(N)C(C(=O)OC(C)(C)C)(C(=O)c2ccccc2)[NH+]1[O-]. The summed E-state index contributed by atoms with van der Waals surface area (Å²) < 4.78 is 5.38. The molecule has 0 aliphatic carbocycles. The van der Waals surface area contributed by atoms with Gasteiger partial charge in [0.2, 0.25) is 5.78 Å². The number of carbonyl (C=O) groups is 2. The van der Waals surface area contributed by atoms with Crippen LogP contribution in [0.5, 0.6) is 0 Å². The zero-order valence-corrected chi connectivity index (χ0v) is 14.3. The molecule has 128 valence electrons. The summed E-state index contributed by atoms with van der Waals surface area (Å²) in [5.74, 6) is -1.63. The molecule has 3 N–H and O–H groups in total. The van der Waals surface area contributed by atoms with Gasteiger partial charge in [-0.05, 0) is 32.9 Å². The van der Waals surface area contributed by atoms with Crippen LogP contribution >= 0.6 is 0 Å². The Labute approximate surface area is 141 Å². The summed E-state index contributed by atoms with van der Waals surface area (Å²) in [5, 5.41) is 12.2. The molecule has 2 atom stereocenters. The molecule has 0 radical (unpaired) electrons. The van der Waals surface area contributed by atoms with Crippen LogP contribution in [0.3, 0.4) is 0 Å². The van der Waals surface area contributed by atoms with E-state index in [9.17, 15) is 14.8 Å². The lowest BCUT2D eigenvalue weighted by Gasteiger charge is -2.42. The van der Waals surface area contributed by atoms with Crippen LogP contribution in [0.25, 0.3) is 0 Å². The molecular weight excluding hydrogens is 308 g/mol. The minimum Gasteiger partial charge on any atom is -0.628 e. The lowest BCUT2D eigenvalue weighted by atomic mass is 9.83. The van der Waals surface area contributed by atoms with Crippen LogP contribution in [0.15, 0.2) is 53.9 Å². The van der Waals surface area contributed by atoms with Crippen LogP contribution in [0, 0.1) is 5.21 Å². The van der Waals surface area contributed by atoms with Crippen molar-refractivity contribution in [2.75, 3.05) is 0 Å². The van der Waals surface area contributed by atoms with E-state index >= 15 is 0 Å². The molecular formula is C18H22N2O4. The first-order chi connectivity index (χ1) is 11.1. The molecule has 1 aromatic rings. The van der Waals surface area contributed by atoms with Crippen molar-refractivity contribution in [1.29, 1.82) is 0 Å². The summed E-state index contributed by atoms with van der Waals surface area (Å²) in [5.41, 5.74) is 3.34. The van der Waals surface area contributed by atoms with Crippen LogP contribution in [-0.2, 0) is 9.53 Å². The molecule has 1 aliphatic rings. The molecule has 0 amide bonds. The minimum absolute atomic E-state index is 0.124. The number of rotatable bonds is 3. The summed E-state index contributed by atoms with van der Waals surface area (Å²) in [7, 11) is 0. The number of ketones is 1. The van der Waals surface area contributed by atoms with Crippen LogP contribution in [0.4, 0.5) is 0 Å². The van der Waals surface area contributed by atoms with Gasteiger partial charge < -0.3 is 20.7 Å². The maximum atomic E-state index is 13.1. The predicted octanol–water partition coefficient (Wildman–Crippen LogP) is 1.09. The van der Waals surface area contributed by atoms with E-state index in [-0.39, 0.29) is 17.0 Å². The van der Waals surface area contributed by atoms with Gasteiger partial charge >= 0.3 is 11.5 Å². The van der Waals surface area contributed by atoms with Crippen LogP contribution in [0.2, 0.25) is 0 Å². The van der Waals surface area contributed by atoms with Gasteiger partial charge in [-0.25, -0.2) is 4.79 Å². The number of ether oxygens (including phenoxy) is 1. The van der Waals surface area contributed by atoms with E-state index < -0.39 is 28.0 Å². The molecule has 0 saturated heterocycles. The highest BCUT2D eigenvalue weighted by Crippen LogP contribution is 2.24. The van der Waals surface area contributed by atoms with Crippen molar-refractivity contribution >= 4 is 11.8 Å². The Morgan fingerprint density at radius 3 is 2.29 bits per heavy atom. The summed E-state index contributed by atoms with van der Waals surface area (Å²) in [6.07, 6.45) is 2.92. The van der Waals surface area contributed by atoms with Gasteiger partial charge in [0.05, 0.1) is 5.70 Å². The third-order valence-electron chi connectivity index (χ3n) is 3.73. The predicted molar refractivity (Wildman–Crippen MR) is 89.7 cm³/mol. The normalized spacial score (nSPS) is 24.0. The number of benzene rings is 1. The Balaban J connectivity index is 2.63. The number of hydroxylamine groups is 2. The zero-order chi connectivity index (χ0) is 18.1. The molecule has 6 nitrogen and oxygen atoms in total. The van der Waals surface area contributed by atoms with Crippen molar-refractivity contribution in [2.45, 2.75) is 38.8 Å². The van der Waals surface area contributed by atoms with E-state index in [1.807, 2.05) is 0 Å². The van der Waals surface area contributed by atoms with Crippen molar-refractivity contribution in [3.05, 3.63) is 64.6 Å². The lowest BCUT2D eigenvalue weighted by molar-refractivity contribution is -0.838. The van der Waals surface area contributed by atoms with Gasteiger partial charge in [-0.1, -0.05) is 30.3 Å². The number of nitrogens with one attached hydrogen (secondary N) is 1. The van der Waals surface area contributed by atoms with E-state index in [0.29, 0.717) is 0 Å². The second-order valence-electron chi connectivity index (χ2n) is 6.75.